The van der Waals surface area contributed by atoms with Crippen molar-refractivity contribution in [2.24, 2.45) is 23.7 Å². The van der Waals surface area contributed by atoms with Crippen molar-refractivity contribution in [2.75, 3.05) is 6.61 Å². The van der Waals surface area contributed by atoms with Crippen LogP contribution in [0, 0.1) is 29.5 Å². The van der Waals surface area contributed by atoms with Crippen LogP contribution in [0.2, 0.25) is 0 Å². The highest BCUT2D eigenvalue weighted by Crippen LogP contribution is 2.64. The van der Waals surface area contributed by atoms with Crippen LogP contribution < -0.4 is 4.74 Å². The lowest BCUT2D eigenvalue weighted by atomic mass is 9.73. The summed E-state index contributed by atoms with van der Waals surface area (Å²) in [5, 5.41) is 0. The Kier molecular flexibility index (Phi) is 4.33. The summed E-state index contributed by atoms with van der Waals surface area (Å²) < 4.78 is 24.7. The van der Waals surface area contributed by atoms with Crippen molar-refractivity contribution in [1.82, 2.24) is 4.98 Å². The van der Waals surface area contributed by atoms with E-state index in [0.717, 1.165) is 29.7 Å². The Morgan fingerprint density at radius 2 is 1.93 bits per heavy atom. The molecule has 5 atom stereocenters. The number of benzene rings is 1. The molecule has 28 heavy (non-hydrogen) atoms. The Hall–Kier alpha value is -2.43. The van der Waals surface area contributed by atoms with Gasteiger partial charge in [-0.3, -0.25) is 0 Å². The number of rotatable bonds is 5. The maximum absolute atomic E-state index is 14.3. The SMILES string of the molecule is CCOC(=O)c1cnc(Oc2ccc(C3C4CC5CC(C4)C3C5)cc2)c(F)c1. The molecule has 6 rings (SSSR count). The minimum absolute atomic E-state index is 0.0770. The van der Waals surface area contributed by atoms with Crippen LogP contribution in [0.1, 0.15) is 54.4 Å². The molecule has 4 nitrogen and oxygen atoms in total. The van der Waals surface area contributed by atoms with E-state index >= 15 is 0 Å². The van der Waals surface area contributed by atoms with E-state index in [1.54, 1.807) is 6.92 Å². The van der Waals surface area contributed by atoms with Crippen molar-refractivity contribution in [3.63, 3.8) is 0 Å². The molecule has 1 heterocycles. The molecule has 1 aromatic carbocycles. The fraction of sp³-hybridized carbons (Fsp3) is 0.478. The van der Waals surface area contributed by atoms with Crippen LogP contribution in [-0.2, 0) is 4.74 Å². The van der Waals surface area contributed by atoms with Crippen molar-refractivity contribution in [1.29, 1.82) is 0 Å². The number of esters is 1. The monoisotopic (exact) mass is 381 g/mol. The van der Waals surface area contributed by atoms with E-state index in [9.17, 15) is 9.18 Å². The first-order valence-electron chi connectivity index (χ1n) is 10.2. The van der Waals surface area contributed by atoms with Gasteiger partial charge in [-0.1, -0.05) is 12.1 Å². The lowest BCUT2D eigenvalue weighted by Crippen LogP contribution is -2.21. The summed E-state index contributed by atoms with van der Waals surface area (Å²) in [6.07, 6.45) is 6.89. The van der Waals surface area contributed by atoms with E-state index in [2.05, 4.69) is 17.1 Å². The highest BCUT2D eigenvalue weighted by Gasteiger charge is 2.53. The molecular formula is C23H24FNO3. The fourth-order valence-corrected chi connectivity index (χ4v) is 5.95. The first kappa shape index (κ1) is 17.7. The molecule has 5 unspecified atom stereocenters. The van der Waals surface area contributed by atoms with Crippen LogP contribution in [-0.4, -0.2) is 17.6 Å². The number of halogens is 1. The number of carbonyl (C=O) groups is 1. The number of aromatic nitrogens is 1. The number of nitrogens with zero attached hydrogens (tertiary/aromatic N) is 1. The number of hydrogen-bond donors (Lipinski definition) is 0. The third-order valence-electron chi connectivity index (χ3n) is 6.86. The number of pyridine rings is 1. The Morgan fingerprint density at radius 1 is 1.14 bits per heavy atom. The summed E-state index contributed by atoms with van der Waals surface area (Å²) in [6.45, 7) is 1.93. The highest BCUT2D eigenvalue weighted by molar-refractivity contribution is 5.89. The Balaban J connectivity index is 1.30. The van der Waals surface area contributed by atoms with Crippen molar-refractivity contribution < 1.29 is 18.7 Å². The van der Waals surface area contributed by atoms with Crippen molar-refractivity contribution in [3.05, 3.63) is 53.5 Å². The number of hydrogen-bond acceptors (Lipinski definition) is 4. The van der Waals surface area contributed by atoms with Crippen LogP contribution in [0.5, 0.6) is 11.6 Å². The van der Waals surface area contributed by atoms with Gasteiger partial charge in [0.1, 0.15) is 5.75 Å². The average molecular weight is 381 g/mol. The molecule has 0 radical (unpaired) electrons. The molecule has 4 fully saturated rings. The summed E-state index contributed by atoms with van der Waals surface area (Å²) in [5.74, 6) is 3.40. The van der Waals surface area contributed by atoms with Crippen LogP contribution >= 0.6 is 0 Å². The summed E-state index contributed by atoms with van der Waals surface area (Å²) in [5.41, 5.74) is 1.46. The van der Waals surface area contributed by atoms with Crippen LogP contribution in [0.3, 0.4) is 0 Å². The molecule has 146 valence electrons. The van der Waals surface area contributed by atoms with E-state index in [0.29, 0.717) is 11.7 Å². The van der Waals surface area contributed by atoms with E-state index < -0.39 is 11.8 Å². The summed E-state index contributed by atoms with van der Waals surface area (Å²) >= 11 is 0. The number of ether oxygens (including phenoxy) is 2. The Morgan fingerprint density at radius 3 is 2.64 bits per heavy atom. The van der Waals surface area contributed by atoms with Gasteiger partial charge in [-0.2, -0.15) is 0 Å². The van der Waals surface area contributed by atoms with Gasteiger partial charge in [0.25, 0.3) is 5.88 Å². The van der Waals surface area contributed by atoms with Gasteiger partial charge < -0.3 is 9.47 Å². The smallest absolute Gasteiger partial charge is 0.339 e. The quantitative estimate of drug-likeness (QED) is 0.656. The second kappa shape index (κ2) is 6.87. The molecule has 4 aliphatic rings. The van der Waals surface area contributed by atoms with E-state index in [1.165, 1.54) is 37.4 Å². The van der Waals surface area contributed by atoms with Crippen molar-refractivity contribution in [3.8, 4) is 11.6 Å². The minimum atomic E-state index is -0.681. The van der Waals surface area contributed by atoms with Gasteiger partial charge in [0.05, 0.1) is 12.2 Å². The van der Waals surface area contributed by atoms with Crippen LogP contribution in [0.15, 0.2) is 36.5 Å². The van der Waals surface area contributed by atoms with Crippen LogP contribution in [0.25, 0.3) is 0 Å². The van der Waals surface area contributed by atoms with Gasteiger partial charge in [-0.05, 0) is 86.0 Å². The molecule has 2 aromatic rings. The largest absolute Gasteiger partial charge is 0.462 e. The third-order valence-corrected chi connectivity index (χ3v) is 6.86. The van der Waals surface area contributed by atoms with Crippen molar-refractivity contribution >= 4 is 5.97 Å². The van der Waals surface area contributed by atoms with Gasteiger partial charge in [-0.15, -0.1) is 0 Å². The molecule has 0 aliphatic heterocycles. The second-order valence-corrected chi connectivity index (χ2v) is 8.42. The van der Waals surface area contributed by atoms with Gasteiger partial charge in [0.15, 0.2) is 5.82 Å². The standard InChI is InChI=1S/C23H24FNO3/c1-2-27-23(26)17-11-20(24)22(25-12-17)28-18-5-3-14(4-6-18)21-16-8-13-7-15(10-16)19(21)9-13/h3-6,11-13,15-16,19,21H,2,7-10H2,1H3. The maximum atomic E-state index is 14.3. The third kappa shape index (κ3) is 2.97. The predicted octanol–water partition coefficient (Wildman–Crippen LogP) is 5.34. The van der Waals surface area contributed by atoms with Gasteiger partial charge >= 0.3 is 5.97 Å². The molecule has 4 bridgehead atoms. The maximum Gasteiger partial charge on any atom is 0.339 e. The molecule has 0 amide bonds. The molecule has 0 saturated heterocycles. The first-order valence-corrected chi connectivity index (χ1v) is 10.2. The topological polar surface area (TPSA) is 48.4 Å². The zero-order valence-electron chi connectivity index (χ0n) is 15.9. The van der Waals surface area contributed by atoms with Gasteiger partial charge in [0, 0.05) is 6.20 Å². The summed E-state index contributed by atoms with van der Waals surface area (Å²) in [6, 6.07) is 9.14. The lowest BCUT2D eigenvalue weighted by molar-refractivity contribution is 0.0525. The van der Waals surface area contributed by atoms with Crippen LogP contribution in [0.4, 0.5) is 4.39 Å². The molecular weight excluding hydrogens is 357 g/mol. The van der Waals surface area contributed by atoms with E-state index in [1.807, 2.05) is 12.1 Å². The summed E-state index contributed by atoms with van der Waals surface area (Å²) in [7, 11) is 0. The molecule has 0 N–H and O–H groups in total. The van der Waals surface area contributed by atoms with E-state index in [4.69, 9.17) is 9.47 Å². The molecule has 4 saturated carbocycles. The Bertz CT molecular complexity index is 893. The molecule has 5 heteroatoms. The normalized spacial score (nSPS) is 29.9. The average Bonchev–Trinajstić information content (AvgIpc) is 3.11. The van der Waals surface area contributed by atoms with E-state index in [-0.39, 0.29) is 18.1 Å². The molecule has 0 spiro atoms. The van der Waals surface area contributed by atoms with Gasteiger partial charge in [-0.25, -0.2) is 14.2 Å². The first-order chi connectivity index (χ1) is 13.6. The molecule has 4 aliphatic carbocycles. The number of carbonyl (C=O) groups excluding carboxylic acids is 1. The zero-order valence-corrected chi connectivity index (χ0v) is 15.9. The predicted molar refractivity (Wildman–Crippen MR) is 102 cm³/mol. The lowest BCUT2D eigenvalue weighted by Gasteiger charge is -2.32. The minimum Gasteiger partial charge on any atom is -0.462 e. The zero-order chi connectivity index (χ0) is 19.3. The second-order valence-electron chi connectivity index (χ2n) is 8.42. The highest BCUT2D eigenvalue weighted by atomic mass is 19.1. The van der Waals surface area contributed by atoms with Gasteiger partial charge in [0.2, 0.25) is 0 Å². The Labute approximate surface area is 164 Å². The fourth-order valence-electron chi connectivity index (χ4n) is 5.95. The molecule has 1 aromatic heterocycles. The van der Waals surface area contributed by atoms with Crippen molar-refractivity contribution in [2.45, 2.75) is 38.5 Å². The summed E-state index contributed by atoms with van der Waals surface area (Å²) in [4.78, 5) is 15.6.